The molecule has 0 amide bonds. The van der Waals surface area contributed by atoms with Gasteiger partial charge in [0.15, 0.2) is 0 Å². The van der Waals surface area contributed by atoms with E-state index < -0.39 is 25.3 Å². The van der Waals surface area contributed by atoms with E-state index in [9.17, 15) is 13.2 Å². The summed E-state index contributed by atoms with van der Waals surface area (Å²) in [4.78, 5) is 0. The molecule has 0 aromatic rings. The van der Waals surface area contributed by atoms with Crippen molar-refractivity contribution in [2.75, 3.05) is 6.61 Å². The average Bonchev–Trinajstić information content (AvgIpc) is 1.82. The Bertz CT molecular complexity index is 93.3. The van der Waals surface area contributed by atoms with Crippen molar-refractivity contribution in [3.63, 3.8) is 0 Å². The van der Waals surface area contributed by atoms with Crippen molar-refractivity contribution in [2.45, 2.75) is 18.7 Å². The molecule has 0 bridgehead atoms. The van der Waals surface area contributed by atoms with Crippen LogP contribution in [0.5, 0.6) is 0 Å². The van der Waals surface area contributed by atoms with E-state index in [-0.39, 0.29) is 0 Å². The lowest BCUT2D eigenvalue weighted by Gasteiger charge is -2.03. The van der Waals surface area contributed by atoms with Crippen molar-refractivity contribution in [1.82, 2.24) is 0 Å². The predicted molar refractivity (Wildman–Crippen MR) is 20.4 cm³/mol. The Hall–Kier alpha value is -0.250. The molecular weight excluding hydrogens is 121 g/mol. The van der Waals surface area contributed by atoms with Gasteiger partial charge >= 0.3 is 6.11 Å². The Balaban J connectivity index is 2.44. The molecule has 0 aromatic carbocycles. The van der Waals surface area contributed by atoms with Crippen LogP contribution in [0, 0.1) is 0 Å². The second-order valence-corrected chi connectivity index (χ2v) is 1.75. The minimum atomic E-state index is -3.21. The summed E-state index contributed by atoms with van der Waals surface area (Å²) in [6.07, 6.45) is -5.48. The maximum Gasteiger partial charge on any atom is 0.358 e. The van der Waals surface area contributed by atoms with Gasteiger partial charge in [0, 0.05) is 0 Å². The molecule has 1 rings (SSSR count). The van der Waals surface area contributed by atoms with Crippen LogP contribution in [0.25, 0.3) is 0 Å². The molecular formula is C4H5F3O. The number of hydrogen-bond donors (Lipinski definition) is 0. The van der Waals surface area contributed by atoms with Gasteiger partial charge in [-0.3, -0.25) is 0 Å². The quantitative estimate of drug-likeness (QED) is 0.475. The Kier molecular flexibility index (Phi) is 1.19. The summed E-state index contributed by atoms with van der Waals surface area (Å²) in [5.41, 5.74) is 0. The van der Waals surface area contributed by atoms with E-state index in [0.717, 1.165) is 0 Å². The molecule has 1 aliphatic heterocycles. The molecule has 1 nitrogen and oxygen atoms in total. The molecule has 48 valence electrons. The maximum atomic E-state index is 11.8. The van der Waals surface area contributed by atoms with Crippen molar-refractivity contribution in [3.05, 3.63) is 0 Å². The van der Waals surface area contributed by atoms with E-state index in [1.807, 2.05) is 0 Å². The van der Waals surface area contributed by atoms with Crippen LogP contribution in [0.15, 0.2) is 0 Å². The summed E-state index contributed by atoms with van der Waals surface area (Å²) in [6, 6.07) is 0. The molecule has 1 unspecified atom stereocenters. The molecule has 8 heavy (non-hydrogen) atoms. The topological polar surface area (TPSA) is 9.23 Å². The number of alkyl halides is 3. The monoisotopic (exact) mass is 126 g/mol. The number of rotatable bonds is 0. The lowest BCUT2D eigenvalue weighted by Crippen LogP contribution is -2.12. The van der Waals surface area contributed by atoms with Gasteiger partial charge in [-0.15, -0.1) is 0 Å². The average molecular weight is 126 g/mol. The zero-order valence-corrected chi connectivity index (χ0v) is 4.03. The summed E-state index contributed by atoms with van der Waals surface area (Å²) in [5, 5.41) is 0. The van der Waals surface area contributed by atoms with E-state index in [2.05, 4.69) is 4.74 Å². The summed E-state index contributed by atoms with van der Waals surface area (Å²) in [7, 11) is 0. The van der Waals surface area contributed by atoms with E-state index in [0.29, 0.717) is 0 Å². The van der Waals surface area contributed by atoms with Crippen molar-refractivity contribution in [3.8, 4) is 0 Å². The van der Waals surface area contributed by atoms with Gasteiger partial charge in [0.25, 0.3) is 0 Å². The van der Waals surface area contributed by atoms with Crippen LogP contribution in [0.3, 0.4) is 0 Å². The molecule has 1 fully saturated rings. The normalized spacial score (nSPS) is 35.6. The smallest absolute Gasteiger partial charge is 0.317 e. The molecule has 0 N–H and O–H groups in total. The first kappa shape index (κ1) is 5.88. The van der Waals surface area contributed by atoms with Gasteiger partial charge in [-0.25, -0.2) is 4.39 Å². The van der Waals surface area contributed by atoms with Crippen LogP contribution in [0.2, 0.25) is 0 Å². The molecule has 1 aliphatic rings. The molecule has 4 heteroatoms. The molecule has 0 radical (unpaired) electrons. The molecule has 1 heterocycles. The first-order valence-electron chi connectivity index (χ1n) is 2.26. The van der Waals surface area contributed by atoms with E-state index >= 15 is 0 Å². The largest absolute Gasteiger partial charge is 0.358 e. The Morgan fingerprint density at radius 2 is 2.12 bits per heavy atom. The standard InChI is InChI=1S/C4H5F3O/c5-3-1-4(6,7)8-2-3/h3H,1-2H2. The summed E-state index contributed by atoms with van der Waals surface area (Å²) >= 11 is 0. The summed E-state index contributed by atoms with van der Waals surface area (Å²) in [5.74, 6) is 0. The Morgan fingerprint density at radius 1 is 1.50 bits per heavy atom. The van der Waals surface area contributed by atoms with Crippen LogP contribution in [0.1, 0.15) is 6.42 Å². The van der Waals surface area contributed by atoms with Crippen LogP contribution in [0.4, 0.5) is 13.2 Å². The fourth-order valence-electron chi connectivity index (χ4n) is 0.588. The van der Waals surface area contributed by atoms with Gasteiger partial charge in [0.1, 0.15) is 6.17 Å². The van der Waals surface area contributed by atoms with Crippen molar-refractivity contribution in [2.24, 2.45) is 0 Å². The molecule has 1 saturated heterocycles. The molecule has 0 aromatic heterocycles. The van der Waals surface area contributed by atoms with Gasteiger partial charge in [0.2, 0.25) is 0 Å². The number of ether oxygens (including phenoxy) is 1. The van der Waals surface area contributed by atoms with Crippen molar-refractivity contribution < 1.29 is 17.9 Å². The van der Waals surface area contributed by atoms with Crippen LogP contribution in [-0.2, 0) is 4.74 Å². The second-order valence-electron chi connectivity index (χ2n) is 1.75. The van der Waals surface area contributed by atoms with E-state index in [1.165, 1.54) is 0 Å². The Morgan fingerprint density at radius 3 is 2.25 bits per heavy atom. The highest BCUT2D eigenvalue weighted by Gasteiger charge is 2.41. The first-order valence-corrected chi connectivity index (χ1v) is 2.26. The zero-order chi connectivity index (χ0) is 6.20. The van der Waals surface area contributed by atoms with Crippen molar-refractivity contribution in [1.29, 1.82) is 0 Å². The lowest BCUT2D eigenvalue weighted by molar-refractivity contribution is -0.205. The third-order valence-corrected chi connectivity index (χ3v) is 0.934. The highest BCUT2D eigenvalue weighted by atomic mass is 19.3. The van der Waals surface area contributed by atoms with Gasteiger partial charge in [-0.1, -0.05) is 0 Å². The fraction of sp³-hybridized carbons (Fsp3) is 1.00. The van der Waals surface area contributed by atoms with Crippen LogP contribution >= 0.6 is 0 Å². The predicted octanol–water partition coefficient (Wildman–Crippen LogP) is 1.34. The third-order valence-electron chi connectivity index (χ3n) is 0.934. The molecule has 0 spiro atoms. The lowest BCUT2D eigenvalue weighted by atomic mass is 10.3. The van der Waals surface area contributed by atoms with E-state index in [1.54, 1.807) is 0 Å². The van der Waals surface area contributed by atoms with Crippen molar-refractivity contribution >= 4 is 0 Å². The third kappa shape index (κ3) is 1.12. The second kappa shape index (κ2) is 1.62. The van der Waals surface area contributed by atoms with Gasteiger partial charge in [-0.2, -0.15) is 8.78 Å². The minimum Gasteiger partial charge on any atom is -0.317 e. The van der Waals surface area contributed by atoms with Crippen LogP contribution in [-0.4, -0.2) is 18.9 Å². The maximum absolute atomic E-state index is 11.8. The van der Waals surface area contributed by atoms with Gasteiger partial charge in [0.05, 0.1) is 13.0 Å². The highest BCUT2D eigenvalue weighted by molar-refractivity contribution is 4.70. The molecule has 1 atom stereocenters. The number of hydrogen-bond acceptors (Lipinski definition) is 1. The van der Waals surface area contributed by atoms with Gasteiger partial charge in [-0.05, 0) is 0 Å². The fourth-order valence-corrected chi connectivity index (χ4v) is 0.588. The highest BCUT2D eigenvalue weighted by Crippen LogP contribution is 2.29. The summed E-state index contributed by atoms with van der Waals surface area (Å²) < 4.78 is 39.0. The zero-order valence-electron chi connectivity index (χ0n) is 4.03. The van der Waals surface area contributed by atoms with E-state index in [4.69, 9.17) is 0 Å². The van der Waals surface area contributed by atoms with Gasteiger partial charge < -0.3 is 4.74 Å². The molecule has 0 saturated carbocycles. The Labute approximate surface area is 44.4 Å². The SMILES string of the molecule is FC1COC(F)(F)C1. The number of halogens is 3. The summed E-state index contributed by atoms with van der Waals surface area (Å²) in [6.45, 7) is -0.465. The van der Waals surface area contributed by atoms with Crippen LogP contribution < -0.4 is 0 Å². The molecule has 0 aliphatic carbocycles. The first-order chi connectivity index (χ1) is 3.60. The minimum absolute atomic E-state index is 0.465.